The van der Waals surface area contributed by atoms with E-state index in [0.29, 0.717) is 0 Å². The van der Waals surface area contributed by atoms with Crippen LogP contribution in [0.4, 0.5) is 0 Å². The van der Waals surface area contributed by atoms with E-state index in [1.165, 1.54) is 0 Å². The van der Waals surface area contributed by atoms with Gasteiger partial charge in [0.25, 0.3) is 6.47 Å². The summed E-state index contributed by atoms with van der Waals surface area (Å²) in [6.45, 7) is 1.63. The second kappa shape index (κ2) is 4.83. The van der Waals surface area contributed by atoms with E-state index in [1.807, 2.05) is 6.92 Å². The van der Waals surface area contributed by atoms with Crippen molar-refractivity contribution in [1.82, 2.24) is 5.16 Å². The number of nitrogens with zero attached hydrogens (tertiary/aromatic N) is 1. The first kappa shape index (κ1) is 7.68. The number of hydrogen-bond donors (Lipinski definition) is 1. The number of carboxylic acid groups (broad SMARTS) is 1. The van der Waals surface area contributed by atoms with Crippen molar-refractivity contribution < 1.29 is 14.4 Å². The average molecular weight is 129 g/mol. The van der Waals surface area contributed by atoms with Crippen molar-refractivity contribution in [2.75, 3.05) is 0 Å². The van der Waals surface area contributed by atoms with Crippen molar-refractivity contribution in [3.63, 3.8) is 0 Å². The molecule has 1 aromatic rings. The summed E-state index contributed by atoms with van der Waals surface area (Å²) in [6, 6.07) is 1.81. The van der Waals surface area contributed by atoms with Crippen LogP contribution < -0.4 is 0 Å². The molecule has 0 aromatic carbocycles. The summed E-state index contributed by atoms with van der Waals surface area (Å²) in [5.74, 6) is 0. The third-order valence-corrected chi connectivity index (χ3v) is 0.567. The quantitative estimate of drug-likeness (QED) is 0.523. The van der Waals surface area contributed by atoms with E-state index in [0.717, 1.165) is 5.69 Å². The Hall–Kier alpha value is -1.32. The Morgan fingerprint density at radius 3 is 2.56 bits per heavy atom. The minimum Gasteiger partial charge on any atom is -0.483 e. The summed E-state index contributed by atoms with van der Waals surface area (Å²) in [4.78, 5) is 8.36. The molecule has 0 amide bonds. The van der Waals surface area contributed by atoms with Gasteiger partial charge in [-0.2, -0.15) is 0 Å². The molecule has 0 saturated carbocycles. The topological polar surface area (TPSA) is 63.3 Å². The third-order valence-electron chi connectivity index (χ3n) is 0.567. The highest BCUT2D eigenvalue weighted by atomic mass is 16.5. The van der Waals surface area contributed by atoms with Gasteiger partial charge in [0.1, 0.15) is 6.26 Å². The van der Waals surface area contributed by atoms with Crippen LogP contribution in [-0.2, 0) is 4.79 Å². The van der Waals surface area contributed by atoms with Gasteiger partial charge in [-0.15, -0.1) is 0 Å². The van der Waals surface area contributed by atoms with Crippen molar-refractivity contribution in [1.29, 1.82) is 0 Å². The zero-order valence-electron chi connectivity index (χ0n) is 4.94. The van der Waals surface area contributed by atoms with Gasteiger partial charge >= 0.3 is 0 Å². The summed E-state index contributed by atoms with van der Waals surface area (Å²) in [6.07, 6.45) is 1.55. The maximum atomic E-state index is 8.36. The average Bonchev–Trinajstić information content (AvgIpc) is 2.20. The molecule has 0 bridgehead atoms. The highest BCUT2D eigenvalue weighted by molar-refractivity contribution is 5.32. The summed E-state index contributed by atoms with van der Waals surface area (Å²) in [5, 5.41) is 10.4. The number of rotatable bonds is 0. The first-order valence-corrected chi connectivity index (χ1v) is 2.26. The lowest BCUT2D eigenvalue weighted by Crippen LogP contribution is -1.59. The van der Waals surface area contributed by atoms with E-state index in [2.05, 4.69) is 9.68 Å². The molecule has 0 saturated heterocycles. The normalized spacial score (nSPS) is 7.22. The van der Waals surface area contributed by atoms with Gasteiger partial charge in [0.05, 0.1) is 5.69 Å². The number of carbonyl (C=O) groups is 1. The molecular formula is C5H7NO3. The number of aryl methyl sites for hydroxylation is 1. The molecule has 9 heavy (non-hydrogen) atoms. The van der Waals surface area contributed by atoms with Crippen LogP contribution >= 0.6 is 0 Å². The molecule has 0 fully saturated rings. The van der Waals surface area contributed by atoms with E-state index in [4.69, 9.17) is 9.90 Å². The predicted molar refractivity (Wildman–Crippen MR) is 29.9 cm³/mol. The zero-order chi connectivity index (χ0) is 7.11. The Labute approximate surface area is 52.1 Å². The van der Waals surface area contributed by atoms with E-state index in [9.17, 15) is 0 Å². The molecule has 1 aromatic heterocycles. The van der Waals surface area contributed by atoms with Crippen molar-refractivity contribution in [3.05, 3.63) is 18.0 Å². The summed E-state index contributed by atoms with van der Waals surface area (Å²) >= 11 is 0. The van der Waals surface area contributed by atoms with E-state index in [-0.39, 0.29) is 6.47 Å². The van der Waals surface area contributed by atoms with Crippen LogP contribution in [0.15, 0.2) is 16.9 Å². The summed E-state index contributed by atoms with van der Waals surface area (Å²) in [7, 11) is 0. The van der Waals surface area contributed by atoms with Gasteiger partial charge in [-0.25, -0.2) is 0 Å². The molecule has 0 aliphatic rings. The fourth-order valence-electron chi connectivity index (χ4n) is 0.273. The Bertz CT molecular complexity index is 147. The lowest BCUT2D eigenvalue weighted by atomic mass is 10.5. The Balaban J connectivity index is 0.000000187. The van der Waals surface area contributed by atoms with Crippen LogP contribution in [-0.4, -0.2) is 16.7 Å². The third kappa shape index (κ3) is 4.53. The second-order valence-electron chi connectivity index (χ2n) is 1.25. The van der Waals surface area contributed by atoms with Crippen molar-refractivity contribution in [2.45, 2.75) is 6.92 Å². The van der Waals surface area contributed by atoms with E-state index >= 15 is 0 Å². The van der Waals surface area contributed by atoms with Crippen molar-refractivity contribution in [3.8, 4) is 0 Å². The summed E-state index contributed by atoms with van der Waals surface area (Å²) < 4.78 is 4.46. The van der Waals surface area contributed by atoms with Gasteiger partial charge in [0.2, 0.25) is 0 Å². The van der Waals surface area contributed by atoms with Crippen LogP contribution in [0.5, 0.6) is 0 Å². The van der Waals surface area contributed by atoms with Gasteiger partial charge in [-0.3, -0.25) is 4.79 Å². The largest absolute Gasteiger partial charge is 0.483 e. The van der Waals surface area contributed by atoms with Crippen molar-refractivity contribution in [2.24, 2.45) is 0 Å². The lowest BCUT2D eigenvalue weighted by Gasteiger charge is -1.62. The van der Waals surface area contributed by atoms with Gasteiger partial charge in [0.15, 0.2) is 0 Å². The molecule has 0 unspecified atom stereocenters. The molecule has 1 heterocycles. The monoisotopic (exact) mass is 129 g/mol. The molecule has 4 nitrogen and oxygen atoms in total. The molecule has 0 aliphatic heterocycles. The van der Waals surface area contributed by atoms with Crippen LogP contribution in [0.3, 0.4) is 0 Å². The highest BCUT2D eigenvalue weighted by Crippen LogP contribution is 1.86. The second-order valence-corrected chi connectivity index (χ2v) is 1.25. The molecular weight excluding hydrogens is 122 g/mol. The van der Waals surface area contributed by atoms with Crippen molar-refractivity contribution >= 4 is 6.47 Å². The maximum absolute atomic E-state index is 8.36. The van der Waals surface area contributed by atoms with E-state index < -0.39 is 0 Å². The molecule has 0 radical (unpaired) electrons. The lowest BCUT2D eigenvalue weighted by molar-refractivity contribution is -0.122. The Morgan fingerprint density at radius 2 is 2.44 bits per heavy atom. The molecule has 1 rings (SSSR count). The van der Waals surface area contributed by atoms with Gasteiger partial charge < -0.3 is 9.63 Å². The molecule has 4 heteroatoms. The molecule has 0 atom stereocenters. The van der Waals surface area contributed by atoms with Crippen LogP contribution in [0, 0.1) is 6.92 Å². The van der Waals surface area contributed by atoms with Gasteiger partial charge in [-0.05, 0) is 6.92 Å². The fourth-order valence-corrected chi connectivity index (χ4v) is 0.273. The first-order valence-electron chi connectivity index (χ1n) is 2.26. The number of aromatic nitrogens is 1. The van der Waals surface area contributed by atoms with Gasteiger partial charge in [-0.1, -0.05) is 5.16 Å². The highest BCUT2D eigenvalue weighted by Gasteiger charge is 1.77. The van der Waals surface area contributed by atoms with Crippen LogP contribution in [0.2, 0.25) is 0 Å². The summed E-state index contributed by atoms with van der Waals surface area (Å²) in [5.41, 5.74) is 0.926. The number of hydrogen-bond acceptors (Lipinski definition) is 3. The first-order chi connectivity index (χ1) is 4.31. The molecule has 1 N–H and O–H groups in total. The van der Waals surface area contributed by atoms with Gasteiger partial charge in [0, 0.05) is 6.07 Å². The van der Waals surface area contributed by atoms with Crippen LogP contribution in [0.25, 0.3) is 0 Å². The Morgan fingerprint density at radius 1 is 1.89 bits per heavy atom. The minimum atomic E-state index is -0.250. The SMILES string of the molecule is Cc1ccon1.O=CO. The van der Waals surface area contributed by atoms with Crippen LogP contribution in [0.1, 0.15) is 5.69 Å². The smallest absolute Gasteiger partial charge is 0.290 e. The standard InChI is InChI=1S/C4H5NO.CH2O2/c1-4-2-3-6-5-4;2-1-3/h2-3H,1H3;1H,(H,2,3). The van der Waals surface area contributed by atoms with E-state index in [1.54, 1.807) is 12.3 Å². The molecule has 0 aliphatic carbocycles. The molecule has 50 valence electrons. The molecule has 0 spiro atoms. The Kier molecular flexibility index (Phi) is 4.12. The minimum absolute atomic E-state index is 0.250. The predicted octanol–water partition coefficient (Wildman–Crippen LogP) is 0.684. The fraction of sp³-hybridized carbons (Fsp3) is 0.200. The zero-order valence-corrected chi connectivity index (χ0v) is 4.94. The maximum Gasteiger partial charge on any atom is 0.290 e.